The Balaban J connectivity index is 2.72. The van der Waals surface area contributed by atoms with Crippen molar-refractivity contribution < 1.29 is 19.7 Å². The molecule has 0 aromatic heterocycles. The van der Waals surface area contributed by atoms with Crippen LogP contribution in [0.5, 0.6) is 11.5 Å². The van der Waals surface area contributed by atoms with Crippen LogP contribution in [-0.4, -0.2) is 37.1 Å². The standard InChI is InChI=1S/C17H22N2O4/c1-22-15-4-3-5-16(23-2)17(15)13-6-10(18)7-14(19)12(13)8-11(21)9-20/h3-7,11,20-21H,8-9,18-19H2,1-2H3. The zero-order valence-corrected chi connectivity index (χ0v) is 13.2. The number of rotatable bonds is 6. The molecule has 0 aliphatic rings. The Morgan fingerprint density at radius 3 is 2.22 bits per heavy atom. The molecule has 0 fully saturated rings. The minimum atomic E-state index is -0.916. The van der Waals surface area contributed by atoms with Crippen molar-refractivity contribution in [1.82, 2.24) is 0 Å². The largest absolute Gasteiger partial charge is 0.496 e. The lowest BCUT2D eigenvalue weighted by Gasteiger charge is -2.19. The van der Waals surface area contributed by atoms with Crippen LogP contribution in [0.2, 0.25) is 0 Å². The average Bonchev–Trinajstić information content (AvgIpc) is 2.55. The molecule has 6 heteroatoms. The van der Waals surface area contributed by atoms with Crippen LogP contribution < -0.4 is 20.9 Å². The first-order chi connectivity index (χ1) is 11.0. The number of nitrogen functional groups attached to an aromatic ring is 2. The second-order valence-electron chi connectivity index (χ2n) is 5.21. The summed E-state index contributed by atoms with van der Waals surface area (Å²) < 4.78 is 10.9. The van der Waals surface area contributed by atoms with Gasteiger partial charge in [-0.3, -0.25) is 0 Å². The van der Waals surface area contributed by atoms with Crippen molar-refractivity contribution in [2.75, 3.05) is 32.3 Å². The monoisotopic (exact) mass is 318 g/mol. The Morgan fingerprint density at radius 2 is 1.70 bits per heavy atom. The second kappa shape index (κ2) is 7.21. The molecule has 0 aliphatic carbocycles. The molecule has 6 N–H and O–H groups in total. The number of aliphatic hydroxyl groups excluding tert-OH is 2. The Morgan fingerprint density at radius 1 is 1.09 bits per heavy atom. The molecule has 0 aliphatic heterocycles. The van der Waals surface area contributed by atoms with Crippen molar-refractivity contribution in [3.05, 3.63) is 35.9 Å². The molecule has 0 amide bonds. The smallest absolute Gasteiger partial charge is 0.130 e. The molecule has 124 valence electrons. The summed E-state index contributed by atoms with van der Waals surface area (Å²) in [5.41, 5.74) is 15.1. The van der Waals surface area contributed by atoms with E-state index in [1.165, 1.54) is 0 Å². The first-order valence-corrected chi connectivity index (χ1v) is 7.20. The van der Waals surface area contributed by atoms with Crippen LogP contribution in [0.15, 0.2) is 30.3 Å². The molecule has 1 unspecified atom stereocenters. The minimum Gasteiger partial charge on any atom is -0.496 e. The quantitative estimate of drug-likeness (QED) is 0.600. The van der Waals surface area contributed by atoms with E-state index >= 15 is 0 Å². The van der Waals surface area contributed by atoms with Crippen LogP contribution in [0.25, 0.3) is 11.1 Å². The third-order valence-corrected chi connectivity index (χ3v) is 3.65. The molecule has 6 nitrogen and oxygen atoms in total. The maximum atomic E-state index is 9.83. The number of ether oxygens (including phenoxy) is 2. The van der Waals surface area contributed by atoms with Crippen molar-refractivity contribution in [2.24, 2.45) is 0 Å². The normalized spacial score (nSPS) is 12.0. The van der Waals surface area contributed by atoms with E-state index in [4.69, 9.17) is 26.0 Å². The van der Waals surface area contributed by atoms with E-state index in [-0.39, 0.29) is 13.0 Å². The number of nitrogens with two attached hydrogens (primary N) is 2. The van der Waals surface area contributed by atoms with Gasteiger partial charge in [-0.15, -0.1) is 0 Å². The van der Waals surface area contributed by atoms with E-state index in [0.29, 0.717) is 39.6 Å². The van der Waals surface area contributed by atoms with Crippen molar-refractivity contribution >= 4 is 11.4 Å². The molecule has 2 aromatic carbocycles. The van der Waals surface area contributed by atoms with E-state index in [1.54, 1.807) is 26.4 Å². The molecule has 0 spiro atoms. The van der Waals surface area contributed by atoms with Gasteiger partial charge in [0, 0.05) is 17.8 Å². The van der Waals surface area contributed by atoms with Gasteiger partial charge in [0.25, 0.3) is 0 Å². The molecule has 2 aromatic rings. The van der Waals surface area contributed by atoms with Crippen LogP contribution in [0.1, 0.15) is 5.56 Å². The van der Waals surface area contributed by atoms with Crippen molar-refractivity contribution in [3.63, 3.8) is 0 Å². The highest BCUT2D eigenvalue weighted by Gasteiger charge is 2.20. The molecular weight excluding hydrogens is 296 g/mol. The van der Waals surface area contributed by atoms with Gasteiger partial charge in [-0.2, -0.15) is 0 Å². The summed E-state index contributed by atoms with van der Waals surface area (Å²) in [6, 6.07) is 8.83. The summed E-state index contributed by atoms with van der Waals surface area (Å²) in [7, 11) is 3.13. The van der Waals surface area contributed by atoms with Gasteiger partial charge in [-0.1, -0.05) is 6.07 Å². The summed E-state index contributed by atoms with van der Waals surface area (Å²) in [6.45, 7) is -0.355. The number of hydrogen-bond donors (Lipinski definition) is 4. The van der Waals surface area contributed by atoms with E-state index in [2.05, 4.69) is 0 Å². The van der Waals surface area contributed by atoms with Crippen LogP contribution in [0.4, 0.5) is 11.4 Å². The highest BCUT2D eigenvalue weighted by atomic mass is 16.5. The van der Waals surface area contributed by atoms with Gasteiger partial charge < -0.3 is 31.2 Å². The zero-order chi connectivity index (χ0) is 17.0. The Bertz CT molecular complexity index is 666. The van der Waals surface area contributed by atoms with Crippen molar-refractivity contribution in [2.45, 2.75) is 12.5 Å². The molecular formula is C17H22N2O4. The molecule has 0 radical (unpaired) electrons. The van der Waals surface area contributed by atoms with E-state index < -0.39 is 6.10 Å². The van der Waals surface area contributed by atoms with Gasteiger partial charge in [0.15, 0.2) is 0 Å². The zero-order valence-electron chi connectivity index (χ0n) is 13.2. The summed E-state index contributed by atoms with van der Waals surface area (Å²) in [5, 5.41) is 19.0. The SMILES string of the molecule is COc1cccc(OC)c1-c1cc(N)cc(N)c1CC(O)CO. The molecule has 0 saturated heterocycles. The number of methoxy groups -OCH3 is 2. The summed E-state index contributed by atoms with van der Waals surface area (Å²) in [6.07, 6.45) is -0.723. The molecule has 2 rings (SSSR count). The lowest BCUT2D eigenvalue weighted by molar-refractivity contribution is 0.0957. The number of anilines is 2. The first-order valence-electron chi connectivity index (χ1n) is 7.20. The van der Waals surface area contributed by atoms with Crippen LogP contribution in [-0.2, 0) is 6.42 Å². The van der Waals surface area contributed by atoms with Gasteiger partial charge in [0.1, 0.15) is 11.5 Å². The second-order valence-corrected chi connectivity index (χ2v) is 5.21. The molecule has 0 saturated carbocycles. The summed E-state index contributed by atoms with van der Waals surface area (Å²) in [4.78, 5) is 0. The summed E-state index contributed by atoms with van der Waals surface area (Å²) in [5.74, 6) is 1.21. The van der Waals surface area contributed by atoms with Gasteiger partial charge >= 0.3 is 0 Å². The van der Waals surface area contributed by atoms with Gasteiger partial charge in [-0.05, 0) is 35.4 Å². The van der Waals surface area contributed by atoms with E-state index in [9.17, 15) is 5.11 Å². The van der Waals surface area contributed by atoms with Crippen LogP contribution >= 0.6 is 0 Å². The minimum absolute atomic E-state index is 0.194. The molecule has 1 atom stereocenters. The van der Waals surface area contributed by atoms with Gasteiger partial charge in [0.2, 0.25) is 0 Å². The fraction of sp³-hybridized carbons (Fsp3) is 0.294. The highest BCUT2D eigenvalue weighted by Crippen LogP contribution is 2.42. The average molecular weight is 318 g/mol. The predicted octanol–water partition coefficient (Wildman–Crippen LogP) is 1.43. The van der Waals surface area contributed by atoms with Crippen molar-refractivity contribution in [1.29, 1.82) is 0 Å². The lowest BCUT2D eigenvalue weighted by atomic mass is 9.92. The van der Waals surface area contributed by atoms with Gasteiger partial charge in [0.05, 0.1) is 32.5 Å². The van der Waals surface area contributed by atoms with Gasteiger partial charge in [-0.25, -0.2) is 0 Å². The fourth-order valence-electron chi connectivity index (χ4n) is 2.59. The maximum absolute atomic E-state index is 9.83. The van der Waals surface area contributed by atoms with E-state index in [1.807, 2.05) is 18.2 Å². The van der Waals surface area contributed by atoms with Crippen molar-refractivity contribution in [3.8, 4) is 22.6 Å². The highest BCUT2D eigenvalue weighted by molar-refractivity contribution is 5.84. The lowest BCUT2D eigenvalue weighted by Crippen LogP contribution is -2.17. The Labute approximate surface area is 135 Å². The Kier molecular flexibility index (Phi) is 5.31. The van der Waals surface area contributed by atoms with E-state index in [0.717, 1.165) is 0 Å². The fourth-order valence-corrected chi connectivity index (χ4v) is 2.59. The summed E-state index contributed by atoms with van der Waals surface area (Å²) >= 11 is 0. The number of aliphatic hydroxyl groups is 2. The van der Waals surface area contributed by atoms with Crippen LogP contribution in [0.3, 0.4) is 0 Å². The molecule has 23 heavy (non-hydrogen) atoms. The topological polar surface area (TPSA) is 111 Å². The first kappa shape index (κ1) is 16.9. The number of hydrogen-bond acceptors (Lipinski definition) is 6. The maximum Gasteiger partial charge on any atom is 0.130 e. The molecule has 0 heterocycles. The number of benzene rings is 2. The van der Waals surface area contributed by atoms with Crippen LogP contribution in [0, 0.1) is 0 Å². The molecule has 0 bridgehead atoms. The Hall–Kier alpha value is -2.44. The third kappa shape index (κ3) is 3.49. The third-order valence-electron chi connectivity index (χ3n) is 3.65. The predicted molar refractivity (Wildman–Crippen MR) is 90.6 cm³/mol.